The summed E-state index contributed by atoms with van der Waals surface area (Å²) in [6, 6.07) is 10.9. The third-order valence-corrected chi connectivity index (χ3v) is 6.54. The molecule has 0 amide bonds. The second-order valence-electron chi connectivity index (χ2n) is 10.6. The van der Waals surface area contributed by atoms with Gasteiger partial charge in [-0.2, -0.15) is 0 Å². The van der Waals surface area contributed by atoms with E-state index in [2.05, 4.69) is 19.7 Å². The van der Waals surface area contributed by atoms with Crippen molar-refractivity contribution in [2.45, 2.75) is 65.2 Å². The van der Waals surface area contributed by atoms with Gasteiger partial charge in [0.15, 0.2) is 0 Å². The van der Waals surface area contributed by atoms with Gasteiger partial charge in [0.2, 0.25) is 0 Å². The molecule has 1 heterocycles. The molecule has 8 heteroatoms. The van der Waals surface area contributed by atoms with Crippen LogP contribution < -0.4 is 9.47 Å². The second kappa shape index (κ2) is 15.0. The van der Waals surface area contributed by atoms with Crippen molar-refractivity contribution in [2.75, 3.05) is 13.2 Å². The number of ether oxygens (including phenoxy) is 4. The molecule has 0 aromatic heterocycles. The van der Waals surface area contributed by atoms with Crippen LogP contribution >= 0.6 is 0 Å². The summed E-state index contributed by atoms with van der Waals surface area (Å²) in [6.07, 6.45) is 2.90. The summed E-state index contributed by atoms with van der Waals surface area (Å²) in [5.74, 6) is -1.25. The molecule has 2 aromatic rings. The summed E-state index contributed by atoms with van der Waals surface area (Å²) >= 11 is 0. The standard InChI is InChI=1S/C34H38O8/c1-21(2)17-30(35)41-28-13-11-25(12-14-28)29-20-27-19-24(9-7-15-39-32(36)22(3)4)18-26(31(27)42-34(29)38)10-8-16-40-33(37)23(5)6/h11-14,18-19,29H,1,3,5,7-10,15-17,20H2,2,4,6H3. The van der Waals surface area contributed by atoms with Crippen molar-refractivity contribution in [3.8, 4) is 11.5 Å². The Morgan fingerprint density at radius 2 is 1.48 bits per heavy atom. The van der Waals surface area contributed by atoms with Crippen LogP contribution in [0.1, 0.15) is 68.2 Å². The fraction of sp³-hybridized carbons (Fsp3) is 0.353. The highest BCUT2D eigenvalue weighted by Crippen LogP contribution is 2.38. The number of esters is 4. The summed E-state index contributed by atoms with van der Waals surface area (Å²) in [7, 11) is 0. The van der Waals surface area contributed by atoms with Crippen LogP contribution in [0.3, 0.4) is 0 Å². The molecule has 0 N–H and O–H groups in total. The van der Waals surface area contributed by atoms with E-state index in [1.807, 2.05) is 12.1 Å². The fourth-order valence-electron chi connectivity index (χ4n) is 4.47. The topological polar surface area (TPSA) is 105 Å². The predicted molar refractivity (Wildman–Crippen MR) is 158 cm³/mol. The van der Waals surface area contributed by atoms with Crippen molar-refractivity contribution in [1.29, 1.82) is 0 Å². The van der Waals surface area contributed by atoms with Crippen LogP contribution in [-0.4, -0.2) is 37.1 Å². The lowest BCUT2D eigenvalue weighted by atomic mass is 9.86. The quantitative estimate of drug-likeness (QED) is 0.0902. The van der Waals surface area contributed by atoms with Crippen molar-refractivity contribution in [3.63, 3.8) is 0 Å². The Kier molecular flexibility index (Phi) is 11.4. The number of rotatable bonds is 14. The van der Waals surface area contributed by atoms with E-state index in [4.69, 9.17) is 18.9 Å². The number of benzene rings is 2. The molecule has 1 atom stereocenters. The first kappa shape index (κ1) is 32.1. The van der Waals surface area contributed by atoms with Gasteiger partial charge in [-0.1, -0.05) is 49.6 Å². The molecule has 0 bridgehead atoms. The van der Waals surface area contributed by atoms with E-state index < -0.39 is 23.8 Å². The first-order chi connectivity index (χ1) is 19.9. The summed E-state index contributed by atoms with van der Waals surface area (Å²) in [5, 5.41) is 0. The van der Waals surface area contributed by atoms with Crippen molar-refractivity contribution in [3.05, 3.63) is 95.1 Å². The van der Waals surface area contributed by atoms with Gasteiger partial charge in [-0.05, 0) is 87.3 Å². The third-order valence-electron chi connectivity index (χ3n) is 6.54. The molecule has 42 heavy (non-hydrogen) atoms. The Labute approximate surface area is 247 Å². The van der Waals surface area contributed by atoms with Gasteiger partial charge in [0.05, 0.1) is 25.6 Å². The highest BCUT2D eigenvalue weighted by atomic mass is 16.5. The first-order valence-corrected chi connectivity index (χ1v) is 13.9. The molecule has 0 fully saturated rings. The largest absolute Gasteiger partial charge is 0.462 e. The van der Waals surface area contributed by atoms with Crippen LogP contribution in [0, 0.1) is 0 Å². The van der Waals surface area contributed by atoms with Crippen LogP contribution in [0.4, 0.5) is 0 Å². The maximum Gasteiger partial charge on any atom is 0.333 e. The normalized spacial score (nSPS) is 13.8. The van der Waals surface area contributed by atoms with Crippen LogP contribution in [0.5, 0.6) is 11.5 Å². The smallest absolute Gasteiger partial charge is 0.333 e. The van der Waals surface area contributed by atoms with E-state index in [1.165, 1.54) is 0 Å². The SMILES string of the molecule is C=C(C)CC(=O)Oc1ccc(C2Cc3cc(CCCOC(=O)C(=C)C)cc(CCCOC(=O)C(=C)C)c3OC2=O)cc1. The summed E-state index contributed by atoms with van der Waals surface area (Å²) in [4.78, 5) is 48.6. The fourth-order valence-corrected chi connectivity index (χ4v) is 4.47. The van der Waals surface area contributed by atoms with Crippen LogP contribution in [0.25, 0.3) is 0 Å². The van der Waals surface area contributed by atoms with E-state index in [0.29, 0.717) is 60.3 Å². The summed E-state index contributed by atoms with van der Waals surface area (Å²) < 4.78 is 21.7. The van der Waals surface area contributed by atoms with E-state index in [1.54, 1.807) is 45.0 Å². The minimum atomic E-state index is -0.534. The van der Waals surface area contributed by atoms with Crippen molar-refractivity contribution < 1.29 is 38.1 Å². The molecule has 0 saturated carbocycles. The minimum Gasteiger partial charge on any atom is -0.462 e. The Balaban J connectivity index is 1.77. The lowest BCUT2D eigenvalue weighted by Crippen LogP contribution is -2.27. The predicted octanol–water partition coefficient (Wildman–Crippen LogP) is 5.91. The number of carbonyl (C=O) groups excluding carboxylic acids is 4. The zero-order chi connectivity index (χ0) is 30.8. The van der Waals surface area contributed by atoms with Gasteiger partial charge in [-0.25, -0.2) is 9.59 Å². The molecule has 0 radical (unpaired) electrons. The molecule has 0 aliphatic carbocycles. The molecule has 3 rings (SSSR count). The van der Waals surface area contributed by atoms with Crippen molar-refractivity contribution >= 4 is 23.9 Å². The number of carbonyl (C=O) groups is 4. The lowest BCUT2D eigenvalue weighted by Gasteiger charge is -2.26. The van der Waals surface area contributed by atoms with E-state index >= 15 is 0 Å². The highest BCUT2D eigenvalue weighted by molar-refractivity contribution is 5.87. The van der Waals surface area contributed by atoms with Gasteiger partial charge in [0.25, 0.3) is 0 Å². The van der Waals surface area contributed by atoms with Gasteiger partial charge in [-0.3, -0.25) is 9.59 Å². The van der Waals surface area contributed by atoms with E-state index in [0.717, 1.165) is 22.3 Å². The molecule has 222 valence electrons. The van der Waals surface area contributed by atoms with Gasteiger partial charge in [0, 0.05) is 11.1 Å². The first-order valence-electron chi connectivity index (χ1n) is 13.9. The zero-order valence-corrected chi connectivity index (χ0v) is 24.6. The number of fused-ring (bicyclic) bond motifs is 1. The summed E-state index contributed by atoms with van der Waals surface area (Å²) in [5.41, 5.74) is 4.89. The maximum absolute atomic E-state index is 13.2. The van der Waals surface area contributed by atoms with Crippen molar-refractivity contribution in [1.82, 2.24) is 0 Å². The third kappa shape index (κ3) is 9.29. The molecule has 0 saturated heterocycles. The molecule has 2 aromatic carbocycles. The van der Waals surface area contributed by atoms with Crippen molar-refractivity contribution in [2.24, 2.45) is 0 Å². The van der Waals surface area contributed by atoms with Gasteiger partial charge >= 0.3 is 23.9 Å². The molecular weight excluding hydrogens is 536 g/mol. The average molecular weight is 575 g/mol. The Hall–Kier alpha value is -4.46. The van der Waals surface area contributed by atoms with Gasteiger partial charge < -0.3 is 18.9 Å². The van der Waals surface area contributed by atoms with Gasteiger partial charge in [-0.15, -0.1) is 0 Å². The monoisotopic (exact) mass is 574 g/mol. The molecule has 1 aliphatic heterocycles. The molecule has 0 spiro atoms. The number of aryl methyl sites for hydroxylation is 2. The Morgan fingerprint density at radius 3 is 2.05 bits per heavy atom. The molecule has 1 aliphatic rings. The molecular formula is C34H38O8. The maximum atomic E-state index is 13.2. The molecule has 1 unspecified atom stereocenters. The minimum absolute atomic E-state index is 0.130. The highest BCUT2D eigenvalue weighted by Gasteiger charge is 2.32. The number of hydrogen-bond donors (Lipinski definition) is 0. The molecule has 8 nitrogen and oxygen atoms in total. The van der Waals surface area contributed by atoms with Crippen LogP contribution in [0.2, 0.25) is 0 Å². The Morgan fingerprint density at radius 1 is 0.881 bits per heavy atom. The second-order valence-corrected chi connectivity index (χ2v) is 10.6. The van der Waals surface area contributed by atoms with Gasteiger partial charge in [0.1, 0.15) is 11.5 Å². The van der Waals surface area contributed by atoms with Crippen LogP contribution in [0.15, 0.2) is 72.9 Å². The summed E-state index contributed by atoms with van der Waals surface area (Å²) in [6.45, 7) is 16.3. The van der Waals surface area contributed by atoms with Crippen LogP contribution in [-0.2, 0) is 47.9 Å². The van der Waals surface area contributed by atoms with E-state index in [9.17, 15) is 19.2 Å². The van der Waals surface area contributed by atoms with E-state index in [-0.39, 0.29) is 25.6 Å². The average Bonchev–Trinajstić information content (AvgIpc) is 2.92. The zero-order valence-electron chi connectivity index (χ0n) is 24.6. The lowest BCUT2D eigenvalue weighted by molar-refractivity contribution is -0.139. The Bertz CT molecular complexity index is 1380. The number of hydrogen-bond acceptors (Lipinski definition) is 8.